The summed E-state index contributed by atoms with van der Waals surface area (Å²) in [6, 6.07) is 0.410. The maximum Gasteiger partial charge on any atom is 0.317 e. The Hall–Kier alpha value is -1.10. The number of carboxylic acids is 1. The third-order valence-corrected chi connectivity index (χ3v) is 4.82. The van der Waals surface area contributed by atoms with Gasteiger partial charge in [0.1, 0.15) is 0 Å². The van der Waals surface area contributed by atoms with Gasteiger partial charge in [-0.05, 0) is 44.6 Å². The van der Waals surface area contributed by atoms with Crippen molar-refractivity contribution in [2.24, 2.45) is 5.92 Å². The highest BCUT2D eigenvalue weighted by Gasteiger charge is 2.35. The first-order valence-electron chi connectivity index (χ1n) is 8.35. The number of amides is 1. The van der Waals surface area contributed by atoms with Crippen molar-refractivity contribution < 1.29 is 14.7 Å². The normalized spacial score (nSPS) is 25.7. The predicted octanol–water partition coefficient (Wildman–Crippen LogP) is 1.96. The summed E-state index contributed by atoms with van der Waals surface area (Å²) in [5, 5.41) is 8.95. The van der Waals surface area contributed by atoms with E-state index in [2.05, 4.69) is 4.90 Å². The molecule has 120 valence electrons. The van der Waals surface area contributed by atoms with Gasteiger partial charge in [-0.2, -0.15) is 0 Å². The molecule has 1 aliphatic carbocycles. The lowest BCUT2D eigenvalue weighted by Crippen LogP contribution is -2.52. The Kier molecular flexibility index (Phi) is 6.03. The van der Waals surface area contributed by atoms with Gasteiger partial charge in [0.05, 0.1) is 13.1 Å². The Morgan fingerprint density at radius 2 is 1.86 bits per heavy atom. The second kappa shape index (κ2) is 7.78. The molecule has 2 fully saturated rings. The summed E-state index contributed by atoms with van der Waals surface area (Å²) in [6.45, 7) is 3.75. The number of likely N-dealkylation sites (tertiary alicyclic amines) is 1. The molecule has 2 atom stereocenters. The van der Waals surface area contributed by atoms with Crippen molar-refractivity contribution in [1.29, 1.82) is 0 Å². The zero-order valence-corrected chi connectivity index (χ0v) is 13.1. The third-order valence-electron chi connectivity index (χ3n) is 4.82. The van der Waals surface area contributed by atoms with Crippen molar-refractivity contribution in [1.82, 2.24) is 9.80 Å². The fourth-order valence-corrected chi connectivity index (χ4v) is 3.94. The molecule has 2 unspecified atom stereocenters. The van der Waals surface area contributed by atoms with E-state index in [4.69, 9.17) is 5.11 Å². The van der Waals surface area contributed by atoms with E-state index >= 15 is 0 Å². The summed E-state index contributed by atoms with van der Waals surface area (Å²) in [4.78, 5) is 27.3. The molecule has 1 heterocycles. The zero-order chi connectivity index (χ0) is 15.2. The van der Waals surface area contributed by atoms with Crippen LogP contribution in [0, 0.1) is 5.92 Å². The second-order valence-corrected chi connectivity index (χ2v) is 6.45. The van der Waals surface area contributed by atoms with Gasteiger partial charge >= 0.3 is 5.97 Å². The molecule has 1 aliphatic heterocycles. The number of nitrogens with zero attached hydrogens (tertiary/aromatic N) is 2. The van der Waals surface area contributed by atoms with Gasteiger partial charge in [0.25, 0.3) is 0 Å². The predicted molar refractivity (Wildman–Crippen MR) is 81.1 cm³/mol. The average molecular weight is 296 g/mol. The molecule has 0 aromatic heterocycles. The van der Waals surface area contributed by atoms with Gasteiger partial charge < -0.3 is 10.0 Å². The van der Waals surface area contributed by atoms with Crippen LogP contribution in [0.5, 0.6) is 0 Å². The average Bonchev–Trinajstić information content (AvgIpc) is 2.46. The molecule has 5 heteroatoms. The fourth-order valence-electron chi connectivity index (χ4n) is 3.94. The van der Waals surface area contributed by atoms with Crippen molar-refractivity contribution in [3.63, 3.8) is 0 Å². The highest BCUT2D eigenvalue weighted by Crippen LogP contribution is 2.35. The number of hydrogen-bond acceptors (Lipinski definition) is 3. The number of piperidine rings is 1. The number of hydrogen-bond donors (Lipinski definition) is 1. The molecule has 0 aromatic rings. The number of rotatable bonds is 6. The summed E-state index contributed by atoms with van der Waals surface area (Å²) in [5.74, 6) is -0.0534. The molecule has 1 saturated heterocycles. The van der Waals surface area contributed by atoms with Gasteiger partial charge in [-0.3, -0.25) is 14.5 Å². The van der Waals surface area contributed by atoms with Crippen molar-refractivity contribution in [3.05, 3.63) is 0 Å². The summed E-state index contributed by atoms with van der Waals surface area (Å²) in [5.41, 5.74) is 0. The summed E-state index contributed by atoms with van der Waals surface area (Å²) in [6.07, 6.45) is 8.11. The Morgan fingerprint density at radius 3 is 2.57 bits per heavy atom. The summed E-state index contributed by atoms with van der Waals surface area (Å²) < 4.78 is 0. The topological polar surface area (TPSA) is 60.9 Å². The fraction of sp³-hybridized carbons (Fsp3) is 0.875. The zero-order valence-electron chi connectivity index (χ0n) is 13.1. The Morgan fingerprint density at radius 1 is 1.14 bits per heavy atom. The Bertz CT molecular complexity index is 371. The van der Waals surface area contributed by atoms with Crippen molar-refractivity contribution in [2.45, 2.75) is 57.9 Å². The van der Waals surface area contributed by atoms with Crippen LogP contribution in [0.3, 0.4) is 0 Å². The van der Waals surface area contributed by atoms with Crippen LogP contribution in [0.2, 0.25) is 0 Å². The van der Waals surface area contributed by atoms with Crippen LogP contribution in [0.25, 0.3) is 0 Å². The molecule has 1 amide bonds. The number of aliphatic carboxylic acids is 1. The molecule has 1 saturated carbocycles. The summed E-state index contributed by atoms with van der Waals surface area (Å²) in [7, 11) is 0. The smallest absolute Gasteiger partial charge is 0.317 e. The van der Waals surface area contributed by atoms with Crippen LogP contribution in [0.1, 0.15) is 51.9 Å². The Labute approximate surface area is 127 Å². The molecule has 1 N–H and O–H groups in total. The quantitative estimate of drug-likeness (QED) is 0.814. The van der Waals surface area contributed by atoms with E-state index < -0.39 is 5.97 Å². The van der Waals surface area contributed by atoms with E-state index in [-0.39, 0.29) is 19.0 Å². The number of carbonyl (C=O) groups excluding carboxylic acids is 1. The van der Waals surface area contributed by atoms with Crippen molar-refractivity contribution >= 4 is 11.9 Å². The summed E-state index contributed by atoms with van der Waals surface area (Å²) >= 11 is 0. The van der Waals surface area contributed by atoms with Crippen molar-refractivity contribution in [3.8, 4) is 0 Å². The van der Waals surface area contributed by atoms with Gasteiger partial charge in [-0.1, -0.05) is 19.8 Å². The molecule has 21 heavy (non-hydrogen) atoms. The maximum absolute atomic E-state index is 12.6. The van der Waals surface area contributed by atoms with E-state index in [1.165, 1.54) is 25.7 Å². The van der Waals surface area contributed by atoms with E-state index in [1.807, 2.05) is 6.92 Å². The molecule has 5 nitrogen and oxygen atoms in total. The third kappa shape index (κ3) is 4.43. The number of carbonyl (C=O) groups is 2. The molecule has 0 radical (unpaired) electrons. The second-order valence-electron chi connectivity index (χ2n) is 6.45. The van der Waals surface area contributed by atoms with Gasteiger partial charge in [0.15, 0.2) is 0 Å². The van der Waals surface area contributed by atoms with E-state index in [9.17, 15) is 9.59 Å². The Balaban J connectivity index is 1.95. The molecule has 0 bridgehead atoms. The highest BCUT2D eigenvalue weighted by atomic mass is 16.4. The molecular formula is C16H28N2O3. The van der Waals surface area contributed by atoms with Crippen LogP contribution in [0.4, 0.5) is 0 Å². The van der Waals surface area contributed by atoms with Gasteiger partial charge in [0.2, 0.25) is 5.91 Å². The SMILES string of the molecule is CCCN(CC(=O)O)CC(=O)N1CCCC2CCCCC21. The lowest BCUT2D eigenvalue weighted by Gasteiger charge is -2.44. The van der Waals surface area contributed by atoms with Gasteiger partial charge in [0, 0.05) is 12.6 Å². The largest absolute Gasteiger partial charge is 0.480 e. The molecule has 0 aromatic carbocycles. The lowest BCUT2D eigenvalue weighted by molar-refractivity contribution is -0.142. The van der Waals surface area contributed by atoms with Gasteiger partial charge in [-0.25, -0.2) is 0 Å². The minimum atomic E-state index is -0.856. The lowest BCUT2D eigenvalue weighted by atomic mass is 9.78. The standard InChI is InChI=1S/C16H28N2O3/c1-2-9-17(12-16(20)21)11-15(19)18-10-5-7-13-6-3-4-8-14(13)18/h13-14H,2-12H2,1H3,(H,20,21). The maximum atomic E-state index is 12.6. The minimum Gasteiger partial charge on any atom is -0.480 e. The monoisotopic (exact) mass is 296 g/mol. The van der Waals surface area contributed by atoms with Crippen molar-refractivity contribution in [2.75, 3.05) is 26.2 Å². The van der Waals surface area contributed by atoms with Crippen LogP contribution in [-0.2, 0) is 9.59 Å². The molecule has 0 spiro atoms. The van der Waals surface area contributed by atoms with Crippen LogP contribution in [0.15, 0.2) is 0 Å². The first-order valence-corrected chi connectivity index (χ1v) is 8.35. The first kappa shape index (κ1) is 16.3. The molecule has 2 aliphatic rings. The van der Waals surface area contributed by atoms with Gasteiger partial charge in [-0.15, -0.1) is 0 Å². The number of carboxylic acid groups (broad SMARTS) is 1. The van der Waals surface area contributed by atoms with Crippen LogP contribution in [-0.4, -0.2) is 59.0 Å². The van der Waals surface area contributed by atoms with E-state index in [1.54, 1.807) is 4.90 Å². The molecule has 2 rings (SSSR count). The highest BCUT2D eigenvalue weighted by molar-refractivity contribution is 5.79. The molecular weight excluding hydrogens is 268 g/mol. The van der Waals surface area contributed by atoms with E-state index in [0.29, 0.717) is 18.5 Å². The van der Waals surface area contributed by atoms with Crippen LogP contribution < -0.4 is 0 Å². The number of fused-ring (bicyclic) bond motifs is 1. The van der Waals surface area contributed by atoms with E-state index in [0.717, 1.165) is 25.8 Å². The minimum absolute atomic E-state index is 0.0402. The first-order chi connectivity index (χ1) is 10.1. The van der Waals surface area contributed by atoms with Crippen LogP contribution >= 0.6 is 0 Å².